The van der Waals surface area contributed by atoms with E-state index in [0.29, 0.717) is 15.6 Å². The lowest BCUT2D eigenvalue weighted by molar-refractivity contribution is -0.137. The van der Waals surface area contributed by atoms with E-state index < -0.39 is 23.4 Å². The van der Waals surface area contributed by atoms with E-state index in [9.17, 15) is 23.1 Å². The van der Waals surface area contributed by atoms with Gasteiger partial charge in [-0.05, 0) is 35.9 Å². The summed E-state index contributed by atoms with van der Waals surface area (Å²) < 4.78 is 38.6. The lowest BCUT2D eigenvalue weighted by atomic mass is 10.2. The number of hydrogen-bond donors (Lipinski definition) is 2. The predicted octanol–water partition coefficient (Wildman–Crippen LogP) is 5.27. The average molecular weight is 416 g/mol. The zero-order chi connectivity index (χ0) is 19.8. The van der Waals surface area contributed by atoms with Crippen molar-refractivity contribution in [2.45, 2.75) is 12.7 Å². The molecular formula is C17H10Cl2F3N3O2. The summed E-state index contributed by atoms with van der Waals surface area (Å²) in [6.07, 6.45) is -4.55. The molecule has 0 spiro atoms. The minimum atomic E-state index is -4.55. The Bertz CT molecular complexity index is 1040. The minimum Gasteiger partial charge on any atom is -0.476 e. The first-order valence-corrected chi connectivity index (χ1v) is 8.21. The van der Waals surface area contributed by atoms with Crippen molar-refractivity contribution in [3.63, 3.8) is 0 Å². The highest BCUT2D eigenvalue weighted by molar-refractivity contribution is 6.42. The second-order valence-corrected chi connectivity index (χ2v) is 6.34. The SMILES string of the molecule is O=C(O)c1nc2ccc(C(F)(F)F)cc2nc1NCc1ccc(Cl)c(Cl)c1. The smallest absolute Gasteiger partial charge is 0.416 e. The molecule has 0 saturated carbocycles. The molecule has 0 aliphatic heterocycles. The molecule has 5 nitrogen and oxygen atoms in total. The Balaban J connectivity index is 1.99. The first kappa shape index (κ1) is 19.2. The number of carbonyl (C=O) groups is 1. The number of carboxylic acid groups (broad SMARTS) is 1. The molecule has 0 radical (unpaired) electrons. The summed E-state index contributed by atoms with van der Waals surface area (Å²) >= 11 is 11.8. The molecule has 3 aromatic rings. The Kier molecular flexibility index (Phi) is 5.12. The van der Waals surface area contributed by atoms with Gasteiger partial charge >= 0.3 is 12.1 Å². The normalized spacial score (nSPS) is 11.6. The molecular weight excluding hydrogens is 406 g/mol. The van der Waals surface area contributed by atoms with Crippen LogP contribution in [0.4, 0.5) is 19.0 Å². The Labute approximate surface area is 160 Å². The minimum absolute atomic E-state index is 0.0421. The van der Waals surface area contributed by atoms with Crippen molar-refractivity contribution in [3.05, 3.63) is 63.3 Å². The Hall–Kier alpha value is -2.58. The number of anilines is 1. The second-order valence-electron chi connectivity index (χ2n) is 5.53. The zero-order valence-electron chi connectivity index (χ0n) is 13.3. The summed E-state index contributed by atoms with van der Waals surface area (Å²) in [5.74, 6) is -1.51. The van der Waals surface area contributed by atoms with Gasteiger partial charge in [0.25, 0.3) is 0 Å². The van der Waals surface area contributed by atoms with Crippen LogP contribution in [0.15, 0.2) is 36.4 Å². The number of aromatic nitrogens is 2. The Morgan fingerprint density at radius 3 is 2.41 bits per heavy atom. The maximum absolute atomic E-state index is 12.9. The summed E-state index contributed by atoms with van der Waals surface area (Å²) in [4.78, 5) is 19.4. The number of hydrogen-bond acceptors (Lipinski definition) is 4. The molecule has 10 heteroatoms. The number of benzene rings is 2. The first-order valence-electron chi connectivity index (χ1n) is 7.45. The van der Waals surface area contributed by atoms with Crippen molar-refractivity contribution in [1.29, 1.82) is 0 Å². The van der Waals surface area contributed by atoms with Crippen molar-refractivity contribution >= 4 is 46.0 Å². The van der Waals surface area contributed by atoms with E-state index in [1.165, 1.54) is 0 Å². The van der Waals surface area contributed by atoms with E-state index in [-0.39, 0.29) is 23.4 Å². The summed E-state index contributed by atoms with van der Waals surface area (Å²) in [5.41, 5.74) is -0.663. The Morgan fingerprint density at radius 1 is 1.04 bits per heavy atom. The summed E-state index contributed by atoms with van der Waals surface area (Å²) in [7, 11) is 0. The highest BCUT2D eigenvalue weighted by Crippen LogP contribution is 2.31. The maximum Gasteiger partial charge on any atom is 0.416 e. The molecule has 0 fully saturated rings. The van der Waals surface area contributed by atoms with Gasteiger partial charge in [-0.1, -0.05) is 29.3 Å². The van der Waals surface area contributed by atoms with Crippen molar-refractivity contribution in [3.8, 4) is 0 Å². The van der Waals surface area contributed by atoms with Gasteiger partial charge < -0.3 is 10.4 Å². The van der Waals surface area contributed by atoms with Gasteiger partial charge in [0.1, 0.15) is 0 Å². The molecule has 0 bridgehead atoms. The molecule has 3 rings (SSSR count). The van der Waals surface area contributed by atoms with Crippen LogP contribution < -0.4 is 5.32 Å². The van der Waals surface area contributed by atoms with Crippen LogP contribution in [0.25, 0.3) is 11.0 Å². The van der Waals surface area contributed by atoms with E-state index in [1.54, 1.807) is 18.2 Å². The number of rotatable bonds is 4. The van der Waals surface area contributed by atoms with Gasteiger partial charge in [0.05, 0.1) is 26.6 Å². The van der Waals surface area contributed by atoms with Crippen LogP contribution in [0.2, 0.25) is 10.0 Å². The molecule has 2 aromatic carbocycles. The predicted molar refractivity (Wildman–Crippen MR) is 95.3 cm³/mol. The number of carboxylic acids is 1. The molecule has 0 atom stereocenters. The lowest BCUT2D eigenvalue weighted by Crippen LogP contribution is -2.12. The van der Waals surface area contributed by atoms with Crippen LogP contribution in [-0.4, -0.2) is 21.0 Å². The van der Waals surface area contributed by atoms with Crippen LogP contribution in [0, 0.1) is 0 Å². The van der Waals surface area contributed by atoms with Crippen LogP contribution in [0.1, 0.15) is 21.6 Å². The van der Waals surface area contributed by atoms with Gasteiger partial charge in [-0.2, -0.15) is 13.2 Å². The van der Waals surface area contributed by atoms with Gasteiger partial charge in [0.2, 0.25) is 0 Å². The fourth-order valence-corrected chi connectivity index (χ4v) is 2.66. The van der Waals surface area contributed by atoms with Gasteiger partial charge in [-0.25, -0.2) is 14.8 Å². The monoisotopic (exact) mass is 415 g/mol. The van der Waals surface area contributed by atoms with Crippen molar-refractivity contribution < 1.29 is 23.1 Å². The van der Waals surface area contributed by atoms with E-state index in [0.717, 1.165) is 18.2 Å². The number of nitrogens with zero attached hydrogens (tertiary/aromatic N) is 2. The highest BCUT2D eigenvalue weighted by Gasteiger charge is 2.31. The van der Waals surface area contributed by atoms with Crippen molar-refractivity contribution in [1.82, 2.24) is 9.97 Å². The summed E-state index contributed by atoms with van der Waals surface area (Å²) in [6, 6.07) is 7.54. The topological polar surface area (TPSA) is 75.1 Å². The molecule has 0 aliphatic carbocycles. The molecule has 140 valence electrons. The van der Waals surface area contributed by atoms with E-state index >= 15 is 0 Å². The third kappa shape index (κ3) is 4.23. The largest absolute Gasteiger partial charge is 0.476 e. The zero-order valence-corrected chi connectivity index (χ0v) is 14.8. The van der Waals surface area contributed by atoms with Crippen LogP contribution >= 0.6 is 23.2 Å². The van der Waals surface area contributed by atoms with E-state index in [1.807, 2.05) is 0 Å². The fraction of sp³-hybridized carbons (Fsp3) is 0.118. The van der Waals surface area contributed by atoms with E-state index in [2.05, 4.69) is 15.3 Å². The van der Waals surface area contributed by atoms with Gasteiger partial charge in [-0.3, -0.25) is 0 Å². The lowest BCUT2D eigenvalue weighted by Gasteiger charge is -2.11. The van der Waals surface area contributed by atoms with Gasteiger partial charge in [0, 0.05) is 6.54 Å². The summed E-state index contributed by atoms with van der Waals surface area (Å²) in [6.45, 7) is 0.121. The van der Waals surface area contributed by atoms with E-state index in [4.69, 9.17) is 23.2 Å². The second kappa shape index (κ2) is 7.21. The number of nitrogens with one attached hydrogen (secondary N) is 1. The Morgan fingerprint density at radius 2 is 1.78 bits per heavy atom. The average Bonchev–Trinajstić information content (AvgIpc) is 2.60. The molecule has 0 aliphatic rings. The third-order valence-corrected chi connectivity index (χ3v) is 4.38. The number of fused-ring (bicyclic) bond motifs is 1. The number of alkyl halides is 3. The highest BCUT2D eigenvalue weighted by atomic mass is 35.5. The van der Waals surface area contributed by atoms with Crippen molar-refractivity contribution in [2.75, 3.05) is 5.32 Å². The third-order valence-electron chi connectivity index (χ3n) is 3.64. The molecule has 0 unspecified atom stereocenters. The maximum atomic E-state index is 12.9. The van der Waals surface area contributed by atoms with Crippen LogP contribution in [0.5, 0.6) is 0 Å². The standard InChI is InChI=1S/C17H10Cl2F3N3O2/c18-10-3-1-8(5-11(10)19)7-23-15-14(16(26)27)24-12-4-2-9(17(20,21)22)6-13(12)25-15/h1-6H,7H2,(H,23,25)(H,26,27). The van der Waals surface area contributed by atoms with Gasteiger partial charge in [0.15, 0.2) is 11.5 Å². The molecule has 1 heterocycles. The molecule has 0 amide bonds. The first-order chi connectivity index (χ1) is 12.6. The van der Waals surface area contributed by atoms with Gasteiger partial charge in [-0.15, -0.1) is 0 Å². The van der Waals surface area contributed by atoms with Crippen molar-refractivity contribution in [2.24, 2.45) is 0 Å². The molecule has 27 heavy (non-hydrogen) atoms. The fourth-order valence-electron chi connectivity index (χ4n) is 2.34. The van der Waals surface area contributed by atoms with Crippen LogP contribution in [-0.2, 0) is 12.7 Å². The molecule has 1 aromatic heterocycles. The molecule has 0 saturated heterocycles. The number of aromatic carboxylic acids is 1. The summed E-state index contributed by atoms with van der Waals surface area (Å²) in [5, 5.41) is 12.8. The molecule has 2 N–H and O–H groups in total. The number of halogens is 5. The quantitative estimate of drug-likeness (QED) is 0.607. The van der Waals surface area contributed by atoms with Crippen LogP contribution in [0.3, 0.4) is 0 Å².